The molecule has 134 valence electrons. The Morgan fingerprint density at radius 1 is 1.28 bits per heavy atom. The van der Waals surface area contributed by atoms with Gasteiger partial charge in [0.2, 0.25) is 0 Å². The number of nitrogens with one attached hydrogen (secondary N) is 2. The molecule has 2 rings (SSSR count). The van der Waals surface area contributed by atoms with Crippen LogP contribution in [0.15, 0.2) is 33.9 Å². The second-order valence-electron chi connectivity index (χ2n) is 6.73. The van der Waals surface area contributed by atoms with Crippen molar-refractivity contribution in [3.05, 3.63) is 46.8 Å². The van der Waals surface area contributed by atoms with Gasteiger partial charge in [0.1, 0.15) is 18.1 Å². The highest BCUT2D eigenvalue weighted by Crippen LogP contribution is 2.17. The first-order valence-electron chi connectivity index (χ1n) is 8.00. The number of hydrogen-bond acceptors (Lipinski definition) is 5. The number of nitrogens with zero attached hydrogens (tertiary/aromatic N) is 2. The normalized spacial score (nSPS) is 11.6. The fraction of sp³-hybridized carbons (Fsp3) is 0.389. The molecule has 0 unspecified atom stereocenters. The van der Waals surface area contributed by atoms with Gasteiger partial charge in [0.25, 0.3) is 0 Å². The molecule has 25 heavy (non-hydrogen) atoms. The van der Waals surface area contributed by atoms with Crippen molar-refractivity contribution in [3.8, 4) is 5.75 Å². The summed E-state index contributed by atoms with van der Waals surface area (Å²) < 4.78 is 10.9. The zero-order valence-electron chi connectivity index (χ0n) is 15.2. The zero-order valence-corrected chi connectivity index (χ0v) is 16.0. The van der Waals surface area contributed by atoms with E-state index in [2.05, 4.69) is 21.0 Å². The van der Waals surface area contributed by atoms with Gasteiger partial charge in [-0.25, -0.2) is 0 Å². The monoisotopic (exact) mass is 360 g/mol. The predicted molar refractivity (Wildman–Crippen MR) is 103 cm³/mol. The van der Waals surface area contributed by atoms with E-state index in [1.165, 1.54) is 0 Å². The van der Waals surface area contributed by atoms with Crippen LogP contribution in [0.3, 0.4) is 0 Å². The molecule has 1 aromatic heterocycles. The molecule has 0 spiro atoms. The van der Waals surface area contributed by atoms with E-state index >= 15 is 0 Å². The van der Waals surface area contributed by atoms with E-state index in [9.17, 15) is 0 Å². The molecular weight excluding hydrogens is 336 g/mol. The number of rotatable bonds is 5. The number of thiocarbonyl (C=S) groups is 1. The van der Waals surface area contributed by atoms with Crippen LogP contribution in [0.2, 0.25) is 0 Å². The van der Waals surface area contributed by atoms with Crippen LogP contribution >= 0.6 is 12.2 Å². The average Bonchev–Trinajstić information content (AvgIpc) is 2.83. The summed E-state index contributed by atoms with van der Waals surface area (Å²) in [6.07, 6.45) is 1.70. The molecule has 0 aliphatic rings. The summed E-state index contributed by atoms with van der Waals surface area (Å²) in [5, 5.41) is 11.7. The molecule has 7 heteroatoms. The molecule has 0 atom stereocenters. The molecule has 0 aliphatic carbocycles. The Morgan fingerprint density at radius 3 is 2.52 bits per heavy atom. The quantitative estimate of drug-likeness (QED) is 0.483. The van der Waals surface area contributed by atoms with Crippen molar-refractivity contribution in [1.82, 2.24) is 15.9 Å². The van der Waals surface area contributed by atoms with Gasteiger partial charge in [-0.05, 0) is 76.7 Å². The standard InChI is InChI=1S/C18H24N4O2S/c1-12-16(13(2)24-22-12)11-23-15-8-6-14(7-9-15)10-19-21-17(25)20-18(3,4)5/h6-10H,11H2,1-5H3,(H2,20,21,25). The Kier molecular flexibility index (Phi) is 6.14. The lowest BCUT2D eigenvalue weighted by Gasteiger charge is -2.21. The first kappa shape index (κ1) is 18.9. The minimum absolute atomic E-state index is 0.0974. The van der Waals surface area contributed by atoms with Crippen molar-refractivity contribution in [2.45, 2.75) is 46.8 Å². The highest BCUT2D eigenvalue weighted by Gasteiger charge is 2.10. The molecular formula is C18H24N4O2S. The van der Waals surface area contributed by atoms with E-state index in [4.69, 9.17) is 21.5 Å². The van der Waals surface area contributed by atoms with E-state index in [1.54, 1.807) is 6.21 Å². The van der Waals surface area contributed by atoms with Crippen molar-refractivity contribution in [2.75, 3.05) is 0 Å². The summed E-state index contributed by atoms with van der Waals surface area (Å²) in [6, 6.07) is 7.64. The summed E-state index contributed by atoms with van der Waals surface area (Å²) in [4.78, 5) is 0. The van der Waals surface area contributed by atoms with Gasteiger partial charge in [-0.1, -0.05) is 5.16 Å². The molecule has 2 aromatic rings. The maximum Gasteiger partial charge on any atom is 0.187 e. The number of hydrogen-bond donors (Lipinski definition) is 2. The molecule has 0 fully saturated rings. The number of benzene rings is 1. The molecule has 6 nitrogen and oxygen atoms in total. The highest BCUT2D eigenvalue weighted by atomic mass is 32.1. The van der Waals surface area contributed by atoms with Crippen LogP contribution in [-0.4, -0.2) is 22.0 Å². The molecule has 0 bridgehead atoms. The van der Waals surface area contributed by atoms with Crippen LogP contribution in [0.1, 0.15) is 43.4 Å². The number of ether oxygens (including phenoxy) is 1. The number of aromatic nitrogens is 1. The van der Waals surface area contributed by atoms with Gasteiger partial charge in [-0.2, -0.15) is 5.10 Å². The molecule has 1 aromatic carbocycles. The Labute approximate surface area is 153 Å². The zero-order chi connectivity index (χ0) is 18.4. The van der Waals surface area contributed by atoms with Crippen molar-refractivity contribution in [3.63, 3.8) is 0 Å². The maximum atomic E-state index is 5.77. The molecule has 0 radical (unpaired) electrons. The third-order valence-electron chi connectivity index (χ3n) is 3.31. The Morgan fingerprint density at radius 2 is 1.96 bits per heavy atom. The number of aryl methyl sites for hydroxylation is 2. The molecule has 0 amide bonds. The van der Waals surface area contributed by atoms with Gasteiger partial charge in [0, 0.05) is 5.54 Å². The van der Waals surface area contributed by atoms with Gasteiger partial charge in [-0.3, -0.25) is 5.43 Å². The summed E-state index contributed by atoms with van der Waals surface area (Å²) >= 11 is 5.16. The maximum absolute atomic E-state index is 5.77. The third-order valence-corrected chi connectivity index (χ3v) is 3.51. The molecule has 1 heterocycles. The molecule has 0 saturated heterocycles. The minimum Gasteiger partial charge on any atom is -0.489 e. The fourth-order valence-corrected chi connectivity index (χ4v) is 2.41. The fourth-order valence-electron chi connectivity index (χ4n) is 2.05. The van der Waals surface area contributed by atoms with Gasteiger partial charge in [0.05, 0.1) is 17.5 Å². The Balaban J connectivity index is 1.85. The van der Waals surface area contributed by atoms with Crippen molar-refractivity contribution < 1.29 is 9.26 Å². The molecule has 2 N–H and O–H groups in total. The summed E-state index contributed by atoms with van der Waals surface area (Å²) in [5.41, 5.74) is 5.48. The van der Waals surface area contributed by atoms with E-state index in [0.717, 1.165) is 28.3 Å². The summed E-state index contributed by atoms with van der Waals surface area (Å²) in [7, 11) is 0. The first-order chi connectivity index (χ1) is 11.7. The van der Waals surface area contributed by atoms with Crippen LogP contribution in [0.4, 0.5) is 0 Å². The van der Waals surface area contributed by atoms with Gasteiger partial charge < -0.3 is 14.6 Å². The van der Waals surface area contributed by atoms with Crippen LogP contribution in [-0.2, 0) is 6.61 Å². The van der Waals surface area contributed by atoms with Crippen LogP contribution in [0.5, 0.6) is 5.75 Å². The minimum atomic E-state index is -0.0974. The number of hydrazone groups is 1. The van der Waals surface area contributed by atoms with Gasteiger partial charge in [-0.15, -0.1) is 0 Å². The topological polar surface area (TPSA) is 71.7 Å². The lowest BCUT2D eigenvalue weighted by atomic mass is 10.1. The second kappa shape index (κ2) is 8.11. The Hall–Kier alpha value is -2.41. The SMILES string of the molecule is Cc1noc(C)c1COc1ccc(C=NNC(=S)NC(C)(C)C)cc1. The summed E-state index contributed by atoms with van der Waals surface area (Å²) in [5.74, 6) is 1.56. The highest BCUT2D eigenvalue weighted by molar-refractivity contribution is 7.80. The van der Waals surface area contributed by atoms with Crippen LogP contribution in [0.25, 0.3) is 0 Å². The van der Waals surface area contributed by atoms with E-state index in [1.807, 2.05) is 58.9 Å². The van der Waals surface area contributed by atoms with E-state index in [0.29, 0.717) is 11.7 Å². The smallest absolute Gasteiger partial charge is 0.187 e. The second-order valence-corrected chi connectivity index (χ2v) is 7.14. The molecule has 0 aliphatic heterocycles. The van der Waals surface area contributed by atoms with Crippen molar-refractivity contribution in [1.29, 1.82) is 0 Å². The molecule has 0 saturated carbocycles. The van der Waals surface area contributed by atoms with Crippen LogP contribution in [0, 0.1) is 13.8 Å². The van der Waals surface area contributed by atoms with Gasteiger partial charge >= 0.3 is 0 Å². The van der Waals surface area contributed by atoms with Crippen molar-refractivity contribution in [2.24, 2.45) is 5.10 Å². The largest absolute Gasteiger partial charge is 0.489 e. The van der Waals surface area contributed by atoms with Crippen molar-refractivity contribution >= 4 is 23.5 Å². The van der Waals surface area contributed by atoms with Crippen LogP contribution < -0.4 is 15.5 Å². The Bertz CT molecular complexity index is 726. The lowest BCUT2D eigenvalue weighted by molar-refractivity contribution is 0.301. The first-order valence-corrected chi connectivity index (χ1v) is 8.41. The van der Waals surface area contributed by atoms with E-state index < -0.39 is 0 Å². The average molecular weight is 360 g/mol. The van der Waals surface area contributed by atoms with E-state index in [-0.39, 0.29) is 5.54 Å². The predicted octanol–water partition coefficient (Wildman–Crippen LogP) is 3.47. The summed E-state index contributed by atoms with van der Waals surface area (Å²) in [6.45, 7) is 10.3. The van der Waals surface area contributed by atoms with Gasteiger partial charge in [0.15, 0.2) is 5.11 Å². The lowest BCUT2D eigenvalue weighted by Crippen LogP contribution is -2.44. The third kappa shape index (κ3) is 6.19.